The highest BCUT2D eigenvalue weighted by Crippen LogP contribution is 2.23. The number of benzene rings is 1. The molecule has 0 amide bonds. The summed E-state index contributed by atoms with van der Waals surface area (Å²) in [5.74, 6) is 1.72. The van der Waals surface area contributed by atoms with E-state index >= 15 is 0 Å². The number of hydrogen-bond acceptors (Lipinski definition) is 4. The van der Waals surface area contributed by atoms with Crippen LogP contribution in [0.2, 0.25) is 0 Å². The van der Waals surface area contributed by atoms with Gasteiger partial charge in [-0.2, -0.15) is 0 Å². The predicted molar refractivity (Wildman–Crippen MR) is 121 cm³/mol. The molecule has 1 N–H and O–H groups in total. The van der Waals surface area contributed by atoms with E-state index in [1.165, 1.54) is 5.56 Å². The lowest BCUT2D eigenvalue weighted by molar-refractivity contribution is 0.414. The summed E-state index contributed by atoms with van der Waals surface area (Å²) >= 11 is 1.69. The minimum absolute atomic E-state index is 0. The SMILES string of the molecule is CN=C(NCc1nc(C(C)(C)C)cs1)N(C)Cc1ccc(OC)cc1.I. The van der Waals surface area contributed by atoms with Crippen molar-refractivity contribution in [3.8, 4) is 5.75 Å². The van der Waals surface area contributed by atoms with Gasteiger partial charge in [0.05, 0.1) is 19.3 Å². The number of aliphatic imine (C=N–C) groups is 1. The minimum Gasteiger partial charge on any atom is -0.497 e. The lowest BCUT2D eigenvalue weighted by atomic mass is 9.93. The van der Waals surface area contributed by atoms with E-state index in [4.69, 9.17) is 9.72 Å². The molecule has 0 aliphatic carbocycles. The lowest BCUT2D eigenvalue weighted by Gasteiger charge is -2.22. The molecule has 1 aromatic carbocycles. The first-order valence-electron chi connectivity index (χ1n) is 8.33. The molecule has 0 aliphatic heterocycles. The summed E-state index contributed by atoms with van der Waals surface area (Å²) in [6, 6.07) is 8.09. The van der Waals surface area contributed by atoms with E-state index in [-0.39, 0.29) is 29.4 Å². The van der Waals surface area contributed by atoms with Gasteiger partial charge >= 0.3 is 0 Å². The maximum Gasteiger partial charge on any atom is 0.194 e. The standard InChI is InChI=1S/C19H28N4OS.HI/c1-19(2,3)16-13-25-17(22-16)11-21-18(20-4)23(5)12-14-7-9-15(24-6)10-8-14;/h7-10,13H,11-12H2,1-6H3,(H,20,21);1H. The van der Waals surface area contributed by atoms with Gasteiger partial charge in [0.25, 0.3) is 0 Å². The van der Waals surface area contributed by atoms with Crippen molar-refractivity contribution in [3.63, 3.8) is 0 Å². The van der Waals surface area contributed by atoms with Crippen LogP contribution in [-0.2, 0) is 18.5 Å². The van der Waals surface area contributed by atoms with E-state index in [1.807, 2.05) is 19.2 Å². The molecule has 0 radical (unpaired) electrons. The molecule has 2 aromatic rings. The molecule has 0 saturated heterocycles. The molecule has 0 unspecified atom stereocenters. The molecule has 1 aromatic heterocycles. The third-order valence-electron chi connectivity index (χ3n) is 3.87. The van der Waals surface area contributed by atoms with Crippen LogP contribution in [0.1, 0.15) is 37.0 Å². The molecule has 7 heteroatoms. The third kappa shape index (κ3) is 6.42. The average molecular weight is 488 g/mol. The van der Waals surface area contributed by atoms with E-state index in [0.717, 1.165) is 29.0 Å². The van der Waals surface area contributed by atoms with Crippen LogP contribution in [0.15, 0.2) is 34.6 Å². The van der Waals surface area contributed by atoms with E-state index in [9.17, 15) is 0 Å². The number of rotatable bonds is 5. The Hall–Kier alpha value is -1.35. The fourth-order valence-corrected chi connectivity index (χ4v) is 3.32. The van der Waals surface area contributed by atoms with Crippen molar-refractivity contribution in [1.29, 1.82) is 0 Å². The fourth-order valence-electron chi connectivity index (χ4n) is 2.36. The Morgan fingerprint density at radius 2 is 1.92 bits per heavy atom. The lowest BCUT2D eigenvalue weighted by Crippen LogP contribution is -2.38. The van der Waals surface area contributed by atoms with Crippen molar-refractivity contribution < 1.29 is 4.74 Å². The van der Waals surface area contributed by atoms with Gasteiger partial charge in [0.2, 0.25) is 0 Å². The first-order valence-corrected chi connectivity index (χ1v) is 9.21. The molecule has 2 rings (SSSR count). The Balaban J connectivity index is 0.00000338. The van der Waals surface area contributed by atoms with Gasteiger partial charge in [0, 0.05) is 31.4 Å². The minimum atomic E-state index is 0. The number of hydrogen-bond donors (Lipinski definition) is 1. The van der Waals surface area contributed by atoms with Gasteiger partial charge in [-0.05, 0) is 17.7 Å². The molecular formula is C19H29IN4OS. The molecule has 0 aliphatic rings. The summed E-state index contributed by atoms with van der Waals surface area (Å²) in [4.78, 5) is 11.2. The number of aromatic nitrogens is 1. The van der Waals surface area contributed by atoms with E-state index in [0.29, 0.717) is 6.54 Å². The number of methoxy groups -OCH3 is 1. The van der Waals surface area contributed by atoms with Gasteiger partial charge in [0.1, 0.15) is 10.8 Å². The van der Waals surface area contributed by atoms with Crippen molar-refractivity contribution in [2.45, 2.75) is 39.3 Å². The van der Waals surface area contributed by atoms with Gasteiger partial charge in [0.15, 0.2) is 5.96 Å². The van der Waals surface area contributed by atoms with Crippen molar-refractivity contribution in [3.05, 3.63) is 45.9 Å². The van der Waals surface area contributed by atoms with Gasteiger partial charge in [-0.3, -0.25) is 4.99 Å². The number of ether oxygens (including phenoxy) is 1. The summed E-state index contributed by atoms with van der Waals surface area (Å²) in [5, 5.41) is 6.61. The summed E-state index contributed by atoms with van der Waals surface area (Å²) in [7, 11) is 5.51. The average Bonchev–Trinajstić information content (AvgIpc) is 3.05. The summed E-state index contributed by atoms with van der Waals surface area (Å²) in [6.07, 6.45) is 0. The van der Waals surface area contributed by atoms with Gasteiger partial charge < -0.3 is 15.0 Å². The molecular weight excluding hydrogens is 459 g/mol. The zero-order valence-electron chi connectivity index (χ0n) is 16.4. The van der Waals surface area contributed by atoms with Crippen LogP contribution >= 0.6 is 35.3 Å². The van der Waals surface area contributed by atoms with Gasteiger partial charge in [-0.1, -0.05) is 32.9 Å². The molecule has 0 atom stereocenters. The van der Waals surface area contributed by atoms with Gasteiger partial charge in [-0.15, -0.1) is 35.3 Å². The van der Waals surface area contributed by atoms with Crippen molar-refractivity contribution in [2.75, 3.05) is 21.2 Å². The molecule has 0 fully saturated rings. The summed E-state index contributed by atoms with van der Waals surface area (Å²) < 4.78 is 5.20. The molecule has 0 saturated carbocycles. The third-order valence-corrected chi connectivity index (χ3v) is 4.72. The highest BCUT2D eigenvalue weighted by atomic mass is 127. The zero-order valence-corrected chi connectivity index (χ0v) is 19.5. The second-order valence-corrected chi connectivity index (χ2v) is 7.92. The van der Waals surface area contributed by atoms with Crippen LogP contribution in [0.3, 0.4) is 0 Å². The predicted octanol–water partition coefficient (Wildman–Crippen LogP) is 4.27. The number of guanidine groups is 1. The number of nitrogens with zero attached hydrogens (tertiary/aromatic N) is 3. The van der Waals surface area contributed by atoms with E-state index < -0.39 is 0 Å². The van der Waals surface area contributed by atoms with Crippen LogP contribution in [-0.4, -0.2) is 37.0 Å². The highest BCUT2D eigenvalue weighted by molar-refractivity contribution is 14.0. The quantitative estimate of drug-likeness (QED) is 0.388. The second-order valence-electron chi connectivity index (χ2n) is 6.98. The summed E-state index contributed by atoms with van der Waals surface area (Å²) in [5.41, 5.74) is 2.42. The first-order chi connectivity index (χ1) is 11.8. The van der Waals surface area contributed by atoms with E-state index in [2.05, 4.69) is 53.5 Å². The van der Waals surface area contributed by atoms with Crippen molar-refractivity contribution in [2.24, 2.45) is 4.99 Å². The fraction of sp³-hybridized carbons (Fsp3) is 0.474. The van der Waals surface area contributed by atoms with Crippen LogP contribution < -0.4 is 10.1 Å². The van der Waals surface area contributed by atoms with Crippen molar-refractivity contribution in [1.82, 2.24) is 15.2 Å². The Morgan fingerprint density at radius 1 is 1.27 bits per heavy atom. The number of halogens is 1. The van der Waals surface area contributed by atoms with Crippen LogP contribution in [0.4, 0.5) is 0 Å². The van der Waals surface area contributed by atoms with Gasteiger partial charge in [-0.25, -0.2) is 4.98 Å². The largest absolute Gasteiger partial charge is 0.497 e. The van der Waals surface area contributed by atoms with Crippen LogP contribution in [0.5, 0.6) is 5.75 Å². The molecule has 5 nitrogen and oxygen atoms in total. The first kappa shape index (κ1) is 22.7. The highest BCUT2D eigenvalue weighted by Gasteiger charge is 2.17. The van der Waals surface area contributed by atoms with Crippen LogP contribution in [0.25, 0.3) is 0 Å². The number of thiazole rings is 1. The molecule has 0 bridgehead atoms. The maximum absolute atomic E-state index is 5.20. The summed E-state index contributed by atoms with van der Waals surface area (Å²) in [6.45, 7) is 8.00. The monoisotopic (exact) mass is 488 g/mol. The normalized spacial score (nSPS) is 11.7. The molecule has 26 heavy (non-hydrogen) atoms. The smallest absolute Gasteiger partial charge is 0.194 e. The molecule has 0 spiro atoms. The Morgan fingerprint density at radius 3 is 2.42 bits per heavy atom. The topological polar surface area (TPSA) is 49.8 Å². The second kappa shape index (κ2) is 10.1. The number of nitrogens with one attached hydrogen (secondary N) is 1. The maximum atomic E-state index is 5.20. The van der Waals surface area contributed by atoms with Crippen molar-refractivity contribution >= 4 is 41.3 Å². The zero-order chi connectivity index (χ0) is 18.4. The van der Waals surface area contributed by atoms with E-state index in [1.54, 1.807) is 25.5 Å². The Kier molecular flexibility index (Phi) is 8.82. The molecule has 1 heterocycles. The Labute approximate surface area is 177 Å². The molecule has 144 valence electrons. The van der Waals surface area contributed by atoms with Crippen LogP contribution in [0, 0.1) is 0 Å². The Bertz CT molecular complexity index is 707.